The maximum atomic E-state index is 7.37. The molecule has 0 heterocycles. The first-order valence-electron chi connectivity index (χ1n) is 9.10. The molecule has 1 fully saturated rings. The number of rotatable bonds is 4. The third-order valence-electron chi connectivity index (χ3n) is 5.59. The third kappa shape index (κ3) is 3.07. The molecule has 2 aliphatic rings. The maximum absolute atomic E-state index is 7.37. The second-order valence-corrected chi connectivity index (χ2v) is 8.02. The predicted octanol–water partition coefficient (Wildman–Crippen LogP) is 7.37. The van der Waals surface area contributed by atoms with Crippen LogP contribution in [0.25, 0.3) is 0 Å². The third-order valence-corrected chi connectivity index (χ3v) is 6.58. The van der Waals surface area contributed by atoms with Gasteiger partial charge in [0.25, 0.3) is 0 Å². The van der Waals surface area contributed by atoms with Crippen LogP contribution in [0, 0.1) is 0 Å². The first-order chi connectivity index (χ1) is 12.2. The van der Waals surface area contributed by atoms with E-state index in [9.17, 15) is 0 Å². The van der Waals surface area contributed by atoms with Crippen molar-refractivity contribution >= 4 is 23.2 Å². The lowest BCUT2D eigenvalue weighted by molar-refractivity contribution is 0.419. The number of benzene rings is 2. The van der Waals surface area contributed by atoms with E-state index in [0.717, 1.165) is 34.9 Å². The maximum Gasteiger partial charge on any atom is 0.117 e. The van der Waals surface area contributed by atoms with Gasteiger partial charge < -0.3 is 0 Å². The normalized spacial score (nSPS) is 19.8. The molecule has 0 nitrogen and oxygen atoms in total. The molecule has 0 spiro atoms. The molecule has 0 aliphatic heterocycles. The van der Waals surface area contributed by atoms with Gasteiger partial charge in [-0.15, -0.1) is 11.6 Å². The lowest BCUT2D eigenvalue weighted by Crippen LogP contribution is -2.25. The summed E-state index contributed by atoms with van der Waals surface area (Å²) in [5.74, 6) is 0.732. The SMILES string of the molecule is Clc1ccccc1C(Cl)(C1=CC=CCC1)c1ccc(C2CCC2)cc1. The van der Waals surface area contributed by atoms with E-state index in [2.05, 4.69) is 42.5 Å². The predicted molar refractivity (Wildman–Crippen MR) is 108 cm³/mol. The Labute approximate surface area is 160 Å². The van der Waals surface area contributed by atoms with Crippen molar-refractivity contribution in [1.82, 2.24) is 0 Å². The van der Waals surface area contributed by atoms with Crippen molar-refractivity contribution in [1.29, 1.82) is 0 Å². The highest BCUT2D eigenvalue weighted by atomic mass is 35.5. The molecular formula is C23H22Cl2. The van der Waals surface area contributed by atoms with Gasteiger partial charge in [0.2, 0.25) is 0 Å². The minimum Gasteiger partial charge on any atom is -0.104 e. The molecule has 0 saturated heterocycles. The highest BCUT2D eigenvalue weighted by Crippen LogP contribution is 2.48. The molecule has 1 atom stereocenters. The van der Waals surface area contributed by atoms with Crippen molar-refractivity contribution < 1.29 is 0 Å². The van der Waals surface area contributed by atoms with Crippen LogP contribution >= 0.6 is 23.2 Å². The molecular weight excluding hydrogens is 347 g/mol. The Morgan fingerprint density at radius 2 is 1.72 bits per heavy atom. The Morgan fingerprint density at radius 3 is 2.32 bits per heavy atom. The zero-order valence-electron chi connectivity index (χ0n) is 14.2. The molecule has 0 N–H and O–H groups in total. The van der Waals surface area contributed by atoms with E-state index in [1.54, 1.807) is 0 Å². The molecule has 128 valence electrons. The summed E-state index contributed by atoms with van der Waals surface area (Å²) in [5, 5.41) is 0.719. The lowest BCUT2D eigenvalue weighted by Gasteiger charge is -2.34. The summed E-state index contributed by atoms with van der Waals surface area (Å²) in [4.78, 5) is -0.707. The summed E-state index contributed by atoms with van der Waals surface area (Å²) < 4.78 is 0. The highest BCUT2D eigenvalue weighted by molar-refractivity contribution is 6.34. The van der Waals surface area contributed by atoms with E-state index in [0.29, 0.717) is 0 Å². The molecule has 0 amide bonds. The van der Waals surface area contributed by atoms with Crippen LogP contribution in [0.1, 0.15) is 54.7 Å². The van der Waals surface area contributed by atoms with E-state index < -0.39 is 4.87 Å². The average Bonchev–Trinajstić information content (AvgIpc) is 2.61. The van der Waals surface area contributed by atoms with Gasteiger partial charge in [0, 0.05) is 10.6 Å². The molecule has 1 saturated carbocycles. The Balaban J connectivity index is 1.81. The highest BCUT2D eigenvalue weighted by Gasteiger charge is 2.37. The Morgan fingerprint density at radius 1 is 0.960 bits per heavy atom. The van der Waals surface area contributed by atoms with Crippen molar-refractivity contribution in [2.24, 2.45) is 0 Å². The summed E-state index contributed by atoms with van der Waals surface area (Å²) in [6.45, 7) is 0. The molecule has 2 aliphatic carbocycles. The molecule has 1 unspecified atom stereocenters. The summed E-state index contributed by atoms with van der Waals surface area (Å²) in [6, 6.07) is 16.9. The van der Waals surface area contributed by atoms with Crippen molar-refractivity contribution in [2.45, 2.75) is 42.9 Å². The largest absolute Gasteiger partial charge is 0.117 e. The van der Waals surface area contributed by atoms with Gasteiger partial charge in [-0.2, -0.15) is 0 Å². The number of hydrogen-bond donors (Lipinski definition) is 0. The molecule has 4 rings (SSSR count). The van der Waals surface area contributed by atoms with Crippen LogP contribution in [0.5, 0.6) is 0 Å². The summed E-state index contributed by atoms with van der Waals surface area (Å²) in [6.07, 6.45) is 12.4. The quantitative estimate of drug-likeness (QED) is 0.494. The van der Waals surface area contributed by atoms with Crippen molar-refractivity contribution in [2.75, 3.05) is 0 Å². The van der Waals surface area contributed by atoms with Gasteiger partial charge in [-0.05, 0) is 54.4 Å². The Kier molecular flexibility index (Phi) is 4.75. The van der Waals surface area contributed by atoms with Crippen LogP contribution < -0.4 is 0 Å². The Hall–Kier alpha value is -1.50. The van der Waals surface area contributed by atoms with Gasteiger partial charge in [-0.1, -0.05) is 78.7 Å². The van der Waals surface area contributed by atoms with Crippen molar-refractivity contribution in [3.05, 3.63) is 94.0 Å². The number of allylic oxidation sites excluding steroid dienone is 4. The minimum atomic E-state index is -0.707. The number of halogens is 2. The second kappa shape index (κ2) is 7.02. The monoisotopic (exact) mass is 368 g/mol. The van der Waals surface area contributed by atoms with Gasteiger partial charge >= 0.3 is 0 Å². The second-order valence-electron chi connectivity index (χ2n) is 7.05. The summed E-state index contributed by atoms with van der Waals surface area (Å²) >= 11 is 13.9. The smallest absolute Gasteiger partial charge is 0.104 e. The Bertz CT molecular complexity index is 812. The van der Waals surface area contributed by atoms with E-state index in [4.69, 9.17) is 23.2 Å². The van der Waals surface area contributed by atoms with Crippen LogP contribution in [0.4, 0.5) is 0 Å². The van der Waals surface area contributed by atoms with E-state index in [1.165, 1.54) is 30.4 Å². The average molecular weight is 369 g/mol. The van der Waals surface area contributed by atoms with Gasteiger partial charge in [0.1, 0.15) is 4.87 Å². The summed E-state index contributed by atoms with van der Waals surface area (Å²) in [7, 11) is 0. The molecule has 0 radical (unpaired) electrons. The molecule has 25 heavy (non-hydrogen) atoms. The lowest BCUT2D eigenvalue weighted by atomic mass is 9.77. The van der Waals surface area contributed by atoms with E-state index >= 15 is 0 Å². The fourth-order valence-electron chi connectivity index (χ4n) is 3.87. The molecule has 2 aromatic rings. The molecule has 2 aromatic carbocycles. The molecule has 0 bridgehead atoms. The zero-order chi connectivity index (χ0) is 17.3. The molecule has 0 aromatic heterocycles. The van der Waals surface area contributed by atoms with Gasteiger partial charge in [-0.25, -0.2) is 0 Å². The topological polar surface area (TPSA) is 0 Å². The summed E-state index contributed by atoms with van der Waals surface area (Å²) in [5.41, 5.74) is 4.72. The van der Waals surface area contributed by atoms with Crippen LogP contribution in [-0.4, -0.2) is 0 Å². The first-order valence-corrected chi connectivity index (χ1v) is 9.85. The van der Waals surface area contributed by atoms with Crippen LogP contribution in [0.2, 0.25) is 5.02 Å². The zero-order valence-corrected chi connectivity index (χ0v) is 15.7. The van der Waals surface area contributed by atoms with E-state index in [-0.39, 0.29) is 0 Å². The van der Waals surface area contributed by atoms with E-state index in [1.807, 2.05) is 24.3 Å². The van der Waals surface area contributed by atoms with Gasteiger partial charge in [-0.3, -0.25) is 0 Å². The fraction of sp³-hybridized carbons (Fsp3) is 0.304. The first kappa shape index (κ1) is 16.9. The van der Waals surface area contributed by atoms with Crippen LogP contribution in [-0.2, 0) is 4.87 Å². The van der Waals surface area contributed by atoms with Crippen LogP contribution in [0.3, 0.4) is 0 Å². The molecule has 2 heteroatoms. The number of hydrogen-bond acceptors (Lipinski definition) is 0. The van der Waals surface area contributed by atoms with Crippen molar-refractivity contribution in [3.8, 4) is 0 Å². The van der Waals surface area contributed by atoms with Crippen molar-refractivity contribution in [3.63, 3.8) is 0 Å². The minimum absolute atomic E-state index is 0.707. The fourth-order valence-corrected chi connectivity index (χ4v) is 4.64. The number of alkyl halides is 1. The standard InChI is InChI=1S/C23H22Cl2/c24-22-12-5-4-11-21(22)23(25,19-9-2-1-3-10-19)20-15-13-18(14-16-20)17-7-6-8-17/h1-2,4-5,9,11-17H,3,6-8,10H2. The van der Waals surface area contributed by atoms with Gasteiger partial charge in [0.15, 0.2) is 0 Å². The van der Waals surface area contributed by atoms with Crippen LogP contribution in [0.15, 0.2) is 72.3 Å². The van der Waals surface area contributed by atoms with Gasteiger partial charge in [0.05, 0.1) is 0 Å².